The average molecular weight is 303 g/mol. The van der Waals surface area contributed by atoms with Crippen molar-refractivity contribution in [1.82, 2.24) is 10.1 Å². The lowest BCUT2D eigenvalue weighted by molar-refractivity contribution is -0.159. The molecule has 0 spiro atoms. The first kappa shape index (κ1) is 14.4. The molecule has 0 atom stereocenters. The first-order valence-corrected chi connectivity index (χ1v) is 6.46. The number of aromatic nitrogens is 2. The molecule has 0 saturated carbocycles. The molecule has 20 heavy (non-hydrogen) atoms. The highest BCUT2D eigenvalue weighted by molar-refractivity contribution is 8.13. The smallest absolute Gasteiger partial charge is 0.410 e. The van der Waals surface area contributed by atoms with Gasteiger partial charge in [-0.15, -0.1) is 11.8 Å². The Morgan fingerprint density at radius 1 is 1.30 bits per heavy atom. The molecule has 1 heterocycles. The maximum absolute atomic E-state index is 12.3. The van der Waals surface area contributed by atoms with Crippen molar-refractivity contribution in [1.29, 1.82) is 0 Å². The highest BCUT2D eigenvalue weighted by atomic mass is 32.2. The van der Waals surface area contributed by atoms with Crippen LogP contribution in [0.5, 0.6) is 0 Å². The van der Waals surface area contributed by atoms with E-state index in [9.17, 15) is 13.2 Å². The molecule has 5 nitrogen and oxygen atoms in total. The zero-order valence-corrected chi connectivity index (χ0v) is 10.9. The van der Waals surface area contributed by atoms with Crippen LogP contribution in [0.4, 0.5) is 13.2 Å². The Balaban J connectivity index is 2.29. The summed E-state index contributed by atoms with van der Waals surface area (Å²) in [5, 5.41) is 15.5. The van der Waals surface area contributed by atoms with Crippen LogP contribution in [0.25, 0.3) is 11.4 Å². The molecule has 0 saturated heterocycles. The van der Waals surface area contributed by atoms with E-state index in [2.05, 4.69) is 19.8 Å². The summed E-state index contributed by atoms with van der Waals surface area (Å²) in [7, 11) is 0. The second-order valence-corrected chi connectivity index (χ2v) is 4.40. The summed E-state index contributed by atoms with van der Waals surface area (Å²) in [4.78, 5) is 3.28. The molecular weight excluding hydrogens is 295 g/mol. The first-order chi connectivity index (χ1) is 9.45. The van der Waals surface area contributed by atoms with Crippen LogP contribution in [-0.4, -0.2) is 26.6 Å². The number of hydrogen-bond donors (Lipinski definition) is 1. The Hall–Kier alpha value is -2.03. The highest BCUT2D eigenvalue weighted by Gasteiger charge is 2.38. The van der Waals surface area contributed by atoms with E-state index in [1.165, 1.54) is 23.9 Å². The Bertz CT molecular complexity index is 623. The Morgan fingerprint density at radius 2 is 1.95 bits per heavy atom. The summed E-state index contributed by atoms with van der Waals surface area (Å²) in [6, 6.07) is 6.21. The SMILES string of the molecule is CSC(=NO)c1ccc(-c2noc(C(F)(F)F)n2)cc1. The van der Waals surface area contributed by atoms with E-state index in [1.54, 1.807) is 18.4 Å². The van der Waals surface area contributed by atoms with E-state index < -0.39 is 12.1 Å². The number of alkyl halides is 3. The van der Waals surface area contributed by atoms with Crippen LogP contribution in [0.15, 0.2) is 33.9 Å². The topological polar surface area (TPSA) is 71.5 Å². The molecule has 0 aliphatic heterocycles. The Morgan fingerprint density at radius 3 is 2.40 bits per heavy atom. The van der Waals surface area contributed by atoms with Crippen LogP contribution < -0.4 is 0 Å². The van der Waals surface area contributed by atoms with Crippen LogP contribution in [0.3, 0.4) is 0 Å². The van der Waals surface area contributed by atoms with Gasteiger partial charge in [-0.05, 0) is 6.26 Å². The van der Waals surface area contributed by atoms with Gasteiger partial charge in [0.1, 0.15) is 5.04 Å². The maximum Gasteiger partial charge on any atom is 0.471 e. The van der Waals surface area contributed by atoms with Crippen molar-refractivity contribution < 1.29 is 22.9 Å². The fraction of sp³-hybridized carbons (Fsp3) is 0.182. The van der Waals surface area contributed by atoms with Crippen molar-refractivity contribution in [2.75, 3.05) is 6.26 Å². The second-order valence-electron chi connectivity index (χ2n) is 3.61. The van der Waals surface area contributed by atoms with Gasteiger partial charge in [0.15, 0.2) is 0 Å². The van der Waals surface area contributed by atoms with Gasteiger partial charge in [0.25, 0.3) is 0 Å². The standard InChI is InChI=1S/C11H8F3N3O2S/c1-20-9(16-18)7-4-2-6(3-5-7)8-15-10(19-17-8)11(12,13)14/h2-5,18H,1H3. The summed E-state index contributed by atoms with van der Waals surface area (Å²) in [6.45, 7) is 0. The molecule has 2 aromatic rings. The number of benzene rings is 1. The minimum absolute atomic E-state index is 0.157. The van der Waals surface area contributed by atoms with E-state index in [4.69, 9.17) is 5.21 Å². The van der Waals surface area contributed by atoms with E-state index >= 15 is 0 Å². The molecule has 9 heteroatoms. The molecule has 0 unspecified atom stereocenters. The molecule has 0 amide bonds. The minimum atomic E-state index is -4.67. The van der Waals surface area contributed by atoms with E-state index in [0.29, 0.717) is 16.2 Å². The third-order valence-electron chi connectivity index (χ3n) is 2.34. The third kappa shape index (κ3) is 2.93. The molecule has 0 radical (unpaired) electrons. The number of rotatable bonds is 2. The molecule has 106 valence electrons. The predicted octanol–water partition coefficient (Wildman–Crippen LogP) is 3.25. The minimum Gasteiger partial charge on any atom is -0.410 e. The van der Waals surface area contributed by atoms with Gasteiger partial charge in [-0.3, -0.25) is 0 Å². The third-order valence-corrected chi connectivity index (χ3v) is 3.05. The highest BCUT2D eigenvalue weighted by Crippen LogP contribution is 2.29. The van der Waals surface area contributed by atoms with E-state index in [0.717, 1.165) is 0 Å². The van der Waals surface area contributed by atoms with Crippen molar-refractivity contribution in [2.24, 2.45) is 5.16 Å². The van der Waals surface area contributed by atoms with Gasteiger partial charge in [-0.1, -0.05) is 34.6 Å². The van der Waals surface area contributed by atoms with Gasteiger partial charge in [0, 0.05) is 11.1 Å². The molecule has 2 rings (SSSR count). The fourth-order valence-electron chi connectivity index (χ4n) is 1.43. The van der Waals surface area contributed by atoms with Crippen molar-refractivity contribution in [3.05, 3.63) is 35.7 Å². The van der Waals surface area contributed by atoms with Crippen LogP contribution in [0, 0.1) is 0 Å². The van der Waals surface area contributed by atoms with Crippen molar-refractivity contribution in [3.8, 4) is 11.4 Å². The zero-order chi connectivity index (χ0) is 14.8. The van der Waals surface area contributed by atoms with Gasteiger partial charge in [-0.25, -0.2) is 0 Å². The lowest BCUT2D eigenvalue weighted by atomic mass is 10.1. The van der Waals surface area contributed by atoms with Gasteiger partial charge in [0.05, 0.1) is 0 Å². The van der Waals surface area contributed by atoms with Crippen molar-refractivity contribution in [3.63, 3.8) is 0 Å². The summed E-state index contributed by atoms with van der Waals surface area (Å²) in [5.74, 6) is -1.55. The van der Waals surface area contributed by atoms with Crippen LogP contribution in [-0.2, 0) is 6.18 Å². The number of hydrogen-bond acceptors (Lipinski definition) is 6. The Labute approximate surface area is 115 Å². The lowest BCUT2D eigenvalue weighted by Crippen LogP contribution is -2.04. The molecule has 1 aromatic heterocycles. The second kappa shape index (κ2) is 5.53. The molecule has 0 aliphatic carbocycles. The molecule has 0 bridgehead atoms. The fourth-order valence-corrected chi connectivity index (χ4v) is 1.89. The summed E-state index contributed by atoms with van der Waals surface area (Å²) >= 11 is 1.23. The number of oxime groups is 1. The Kier molecular flexibility index (Phi) is 3.98. The molecule has 0 fully saturated rings. The number of nitrogens with zero attached hydrogens (tertiary/aromatic N) is 3. The summed E-state index contributed by atoms with van der Waals surface area (Å²) < 4.78 is 41.2. The van der Waals surface area contributed by atoms with Gasteiger partial charge >= 0.3 is 12.1 Å². The molecule has 1 N–H and O–H groups in total. The van der Waals surface area contributed by atoms with Crippen LogP contribution in [0.1, 0.15) is 11.5 Å². The average Bonchev–Trinajstić information content (AvgIpc) is 2.90. The normalized spacial score (nSPS) is 12.7. The van der Waals surface area contributed by atoms with Crippen molar-refractivity contribution in [2.45, 2.75) is 6.18 Å². The largest absolute Gasteiger partial charge is 0.471 e. The van der Waals surface area contributed by atoms with Crippen LogP contribution >= 0.6 is 11.8 Å². The van der Waals surface area contributed by atoms with E-state index in [1.807, 2.05) is 0 Å². The lowest BCUT2D eigenvalue weighted by Gasteiger charge is -2.01. The van der Waals surface area contributed by atoms with Gasteiger partial charge in [-0.2, -0.15) is 18.2 Å². The summed E-state index contributed by atoms with van der Waals surface area (Å²) in [5.41, 5.74) is 0.995. The molecule has 0 aliphatic rings. The van der Waals surface area contributed by atoms with E-state index in [-0.39, 0.29) is 5.82 Å². The molecular formula is C11H8F3N3O2S. The van der Waals surface area contributed by atoms with Gasteiger partial charge in [0.2, 0.25) is 5.82 Å². The quantitative estimate of drug-likeness (QED) is 0.399. The first-order valence-electron chi connectivity index (χ1n) is 5.23. The monoisotopic (exact) mass is 303 g/mol. The maximum atomic E-state index is 12.3. The zero-order valence-electron chi connectivity index (χ0n) is 10.0. The molecule has 1 aromatic carbocycles. The number of halogens is 3. The summed E-state index contributed by atoms with van der Waals surface area (Å²) in [6.07, 6.45) is -2.93. The van der Waals surface area contributed by atoms with Crippen molar-refractivity contribution >= 4 is 16.8 Å². The van der Waals surface area contributed by atoms with Gasteiger partial charge < -0.3 is 9.73 Å². The predicted molar refractivity (Wildman–Crippen MR) is 66.6 cm³/mol. The van der Waals surface area contributed by atoms with Crippen LogP contribution in [0.2, 0.25) is 0 Å². The number of thioether (sulfide) groups is 1.